The van der Waals surface area contributed by atoms with Crippen LogP contribution in [-0.2, 0) is 0 Å². The number of nitriles is 1. The second kappa shape index (κ2) is 1.99. The average molecular weight is 137 g/mol. The van der Waals surface area contributed by atoms with Gasteiger partial charge in [0.2, 0.25) is 0 Å². The molecule has 0 aromatic carbocycles. The van der Waals surface area contributed by atoms with Gasteiger partial charge in [0.15, 0.2) is 0 Å². The van der Waals surface area contributed by atoms with Crippen LogP contribution in [-0.4, -0.2) is 0 Å². The zero-order valence-electron chi connectivity index (χ0n) is 7.07. The highest BCUT2D eigenvalue weighted by Crippen LogP contribution is 2.52. The highest BCUT2D eigenvalue weighted by atomic mass is 14.5. The van der Waals surface area contributed by atoms with Crippen molar-refractivity contribution in [2.45, 2.75) is 40.0 Å². The van der Waals surface area contributed by atoms with E-state index in [-0.39, 0.29) is 10.8 Å². The third kappa shape index (κ3) is 0.831. The Morgan fingerprint density at radius 1 is 1.30 bits per heavy atom. The Morgan fingerprint density at radius 3 is 1.80 bits per heavy atom. The van der Waals surface area contributed by atoms with Gasteiger partial charge in [-0.3, -0.25) is 0 Å². The average Bonchev–Trinajstić information content (AvgIpc) is 1.58. The predicted molar refractivity (Wildman–Crippen MR) is 41.4 cm³/mol. The summed E-state index contributed by atoms with van der Waals surface area (Å²) in [7, 11) is 0. The summed E-state index contributed by atoms with van der Waals surface area (Å²) >= 11 is 0. The minimum Gasteiger partial charge on any atom is -0.198 e. The topological polar surface area (TPSA) is 23.8 Å². The van der Waals surface area contributed by atoms with Gasteiger partial charge < -0.3 is 0 Å². The first-order valence-corrected chi connectivity index (χ1v) is 3.93. The van der Waals surface area contributed by atoms with E-state index >= 15 is 0 Å². The zero-order valence-corrected chi connectivity index (χ0v) is 7.07. The van der Waals surface area contributed by atoms with E-state index < -0.39 is 0 Å². The van der Waals surface area contributed by atoms with Crippen LogP contribution >= 0.6 is 0 Å². The Kier molecular flexibility index (Phi) is 1.51. The molecule has 1 heteroatoms. The van der Waals surface area contributed by atoms with Gasteiger partial charge in [0.05, 0.1) is 11.5 Å². The Morgan fingerprint density at radius 2 is 1.80 bits per heavy atom. The van der Waals surface area contributed by atoms with Gasteiger partial charge in [-0.15, -0.1) is 0 Å². The van der Waals surface area contributed by atoms with Crippen molar-refractivity contribution in [3.8, 4) is 6.07 Å². The Bertz CT molecular complexity index is 164. The lowest BCUT2D eigenvalue weighted by Gasteiger charge is -2.46. The molecule has 1 saturated carbocycles. The molecule has 0 unspecified atom stereocenters. The normalized spacial score (nSPS) is 23.0. The fourth-order valence-electron chi connectivity index (χ4n) is 1.56. The second-order valence-electron chi connectivity index (χ2n) is 4.30. The molecular weight excluding hydrogens is 122 g/mol. The van der Waals surface area contributed by atoms with E-state index in [1.807, 2.05) is 0 Å². The van der Waals surface area contributed by atoms with Crippen LogP contribution in [0.25, 0.3) is 0 Å². The summed E-state index contributed by atoms with van der Waals surface area (Å²) in [5.74, 6) is 0. The molecule has 0 N–H and O–H groups in total. The maximum atomic E-state index is 8.92. The number of hydrogen-bond donors (Lipinski definition) is 0. The summed E-state index contributed by atoms with van der Waals surface area (Å²) in [6.07, 6.45) is 3.45. The Balaban J connectivity index is 2.77. The lowest BCUT2D eigenvalue weighted by molar-refractivity contribution is 0.0592. The van der Waals surface area contributed by atoms with E-state index in [0.29, 0.717) is 0 Å². The maximum Gasteiger partial charge on any atom is 0.0695 e. The minimum absolute atomic E-state index is 0.00694. The lowest BCUT2D eigenvalue weighted by atomic mass is 9.56. The van der Waals surface area contributed by atoms with E-state index in [2.05, 4.69) is 26.8 Å². The molecule has 0 radical (unpaired) electrons. The van der Waals surface area contributed by atoms with E-state index in [0.717, 1.165) is 12.8 Å². The highest BCUT2D eigenvalue weighted by molar-refractivity contribution is 5.10. The van der Waals surface area contributed by atoms with E-state index in [4.69, 9.17) is 5.26 Å². The van der Waals surface area contributed by atoms with Crippen LogP contribution in [0.5, 0.6) is 0 Å². The minimum atomic E-state index is 0.00694. The smallest absolute Gasteiger partial charge is 0.0695 e. The molecule has 56 valence electrons. The van der Waals surface area contributed by atoms with Crippen molar-refractivity contribution in [2.75, 3.05) is 0 Å². The van der Waals surface area contributed by atoms with Gasteiger partial charge in [-0.05, 0) is 18.3 Å². The molecule has 10 heavy (non-hydrogen) atoms. The summed E-state index contributed by atoms with van der Waals surface area (Å²) in [6.45, 7) is 6.49. The van der Waals surface area contributed by atoms with Crippen LogP contribution in [0.4, 0.5) is 0 Å². The molecule has 0 aromatic heterocycles. The fraction of sp³-hybridized carbons (Fsp3) is 0.889. The first kappa shape index (κ1) is 7.60. The largest absolute Gasteiger partial charge is 0.198 e. The molecule has 0 bridgehead atoms. The zero-order chi connectivity index (χ0) is 7.83. The summed E-state index contributed by atoms with van der Waals surface area (Å²) in [6, 6.07) is 2.45. The molecule has 0 amide bonds. The Labute approximate surface area is 63.0 Å². The van der Waals surface area contributed by atoms with Crippen molar-refractivity contribution >= 4 is 0 Å². The van der Waals surface area contributed by atoms with Crippen molar-refractivity contribution < 1.29 is 0 Å². The first-order chi connectivity index (χ1) is 4.52. The summed E-state index contributed by atoms with van der Waals surface area (Å²) < 4.78 is 0. The molecule has 0 spiro atoms. The monoisotopic (exact) mass is 137 g/mol. The van der Waals surface area contributed by atoms with Gasteiger partial charge in [-0.1, -0.05) is 27.2 Å². The van der Waals surface area contributed by atoms with Crippen LogP contribution < -0.4 is 0 Å². The van der Waals surface area contributed by atoms with Gasteiger partial charge in [-0.25, -0.2) is 0 Å². The predicted octanol–water partition coefficient (Wildman–Crippen LogP) is 2.73. The summed E-state index contributed by atoms with van der Waals surface area (Å²) in [4.78, 5) is 0. The molecule has 0 heterocycles. The van der Waals surface area contributed by atoms with Crippen LogP contribution in [0.15, 0.2) is 0 Å². The van der Waals surface area contributed by atoms with Gasteiger partial charge in [-0.2, -0.15) is 5.26 Å². The van der Waals surface area contributed by atoms with Crippen LogP contribution in [0.2, 0.25) is 0 Å². The molecule has 1 rings (SSSR count). The summed E-state index contributed by atoms with van der Waals surface area (Å²) in [5, 5.41) is 8.92. The highest BCUT2D eigenvalue weighted by Gasteiger charge is 2.46. The van der Waals surface area contributed by atoms with Crippen LogP contribution in [0.1, 0.15) is 40.0 Å². The molecule has 1 fully saturated rings. The van der Waals surface area contributed by atoms with Crippen LogP contribution in [0.3, 0.4) is 0 Å². The lowest BCUT2D eigenvalue weighted by Crippen LogP contribution is -2.40. The van der Waals surface area contributed by atoms with Crippen molar-refractivity contribution in [3.05, 3.63) is 0 Å². The van der Waals surface area contributed by atoms with Crippen molar-refractivity contribution in [1.29, 1.82) is 5.26 Å². The second-order valence-corrected chi connectivity index (χ2v) is 4.30. The Hall–Kier alpha value is -0.510. The third-order valence-electron chi connectivity index (χ3n) is 2.86. The van der Waals surface area contributed by atoms with Crippen molar-refractivity contribution in [2.24, 2.45) is 10.8 Å². The standard InChI is InChI=1S/C9H15N/c1-8(2,3)9(7-10)5-4-6-9/h4-6H2,1-3H3. The molecule has 0 saturated heterocycles. The summed E-state index contributed by atoms with van der Waals surface area (Å²) in [5.41, 5.74) is 0.188. The molecule has 0 aromatic rings. The molecule has 1 aliphatic carbocycles. The third-order valence-corrected chi connectivity index (χ3v) is 2.86. The molecule has 1 nitrogen and oxygen atoms in total. The number of hydrogen-bond acceptors (Lipinski definition) is 1. The maximum absolute atomic E-state index is 8.92. The first-order valence-electron chi connectivity index (χ1n) is 3.93. The molecule has 0 aliphatic heterocycles. The van der Waals surface area contributed by atoms with Crippen molar-refractivity contribution in [1.82, 2.24) is 0 Å². The van der Waals surface area contributed by atoms with Crippen molar-refractivity contribution in [3.63, 3.8) is 0 Å². The van der Waals surface area contributed by atoms with Gasteiger partial charge in [0.1, 0.15) is 0 Å². The SMILES string of the molecule is CC(C)(C)C1(C#N)CCC1. The van der Waals surface area contributed by atoms with Gasteiger partial charge in [0.25, 0.3) is 0 Å². The number of nitrogens with zero attached hydrogens (tertiary/aromatic N) is 1. The van der Waals surface area contributed by atoms with E-state index in [1.54, 1.807) is 0 Å². The molecule has 0 atom stereocenters. The van der Waals surface area contributed by atoms with E-state index in [1.165, 1.54) is 6.42 Å². The molecule has 1 aliphatic rings. The van der Waals surface area contributed by atoms with Gasteiger partial charge in [0, 0.05) is 0 Å². The fourth-order valence-corrected chi connectivity index (χ4v) is 1.56. The number of rotatable bonds is 0. The van der Waals surface area contributed by atoms with Gasteiger partial charge >= 0.3 is 0 Å². The van der Waals surface area contributed by atoms with E-state index in [9.17, 15) is 0 Å². The molecular formula is C9H15N. The van der Waals surface area contributed by atoms with Crippen LogP contribution in [0, 0.1) is 22.2 Å². The quantitative estimate of drug-likeness (QED) is 0.503.